The third kappa shape index (κ3) is 3.87. The Balaban J connectivity index is 2.96. The van der Waals surface area contributed by atoms with E-state index in [1.165, 1.54) is 14.0 Å². The van der Waals surface area contributed by atoms with E-state index in [-0.39, 0.29) is 0 Å². The molecule has 0 aliphatic heterocycles. The Morgan fingerprint density at radius 2 is 2.00 bits per heavy atom. The van der Waals surface area contributed by atoms with Crippen LogP contribution < -0.4 is 15.8 Å². The molecule has 1 amide bonds. The van der Waals surface area contributed by atoms with Gasteiger partial charge in [-0.15, -0.1) is 0 Å². The molecule has 21 heavy (non-hydrogen) atoms. The molecular weight excluding hydrogens is 292 g/mol. The molecule has 1 aromatic rings. The van der Waals surface area contributed by atoms with E-state index in [2.05, 4.69) is 5.32 Å². The van der Waals surface area contributed by atoms with Gasteiger partial charge in [0.05, 0.1) is 18.0 Å². The van der Waals surface area contributed by atoms with Gasteiger partial charge in [-0.25, -0.2) is 8.42 Å². The summed E-state index contributed by atoms with van der Waals surface area (Å²) in [5.74, 6) is -0.199. The van der Waals surface area contributed by atoms with Crippen LogP contribution in [0.15, 0.2) is 18.2 Å². The second-order valence-corrected chi connectivity index (χ2v) is 7.59. The number of carbonyl (C=O) groups is 1. The molecule has 118 valence electrons. The molecule has 0 radical (unpaired) electrons. The first-order chi connectivity index (χ1) is 9.73. The maximum Gasteiger partial charge on any atom is 0.242 e. The Morgan fingerprint density at radius 1 is 1.38 bits per heavy atom. The molecule has 0 aromatic heterocycles. The monoisotopic (exact) mass is 314 g/mol. The average molecular weight is 314 g/mol. The van der Waals surface area contributed by atoms with Gasteiger partial charge in [-0.2, -0.15) is 0 Å². The van der Waals surface area contributed by atoms with E-state index >= 15 is 0 Å². The van der Waals surface area contributed by atoms with Crippen LogP contribution in [0.5, 0.6) is 5.75 Å². The van der Waals surface area contributed by atoms with Crippen molar-refractivity contribution in [3.05, 3.63) is 18.2 Å². The van der Waals surface area contributed by atoms with Gasteiger partial charge < -0.3 is 15.8 Å². The smallest absolute Gasteiger partial charge is 0.242 e. The van der Waals surface area contributed by atoms with Crippen LogP contribution in [0.25, 0.3) is 0 Å². The standard InChI is InChI=1S/C14H22N2O4S/c1-5-9(2)21(18,19)10(3)14(17)16-12-7-6-11(15)8-13(12)20-4/h6-10H,5,15H2,1-4H3,(H,16,17). The SMILES string of the molecule is CCC(C)S(=O)(=O)C(C)C(=O)Nc1ccc(N)cc1OC. The van der Waals surface area contributed by atoms with Gasteiger partial charge in [0, 0.05) is 11.8 Å². The van der Waals surface area contributed by atoms with Gasteiger partial charge in [0.1, 0.15) is 11.0 Å². The lowest BCUT2D eigenvalue weighted by molar-refractivity contribution is -0.115. The van der Waals surface area contributed by atoms with Crippen LogP contribution in [0.4, 0.5) is 11.4 Å². The second-order valence-electron chi connectivity index (χ2n) is 4.90. The number of nitrogens with two attached hydrogens (primary N) is 1. The topological polar surface area (TPSA) is 98.5 Å². The zero-order valence-corrected chi connectivity index (χ0v) is 13.5. The maximum atomic E-state index is 12.2. The fourth-order valence-electron chi connectivity index (χ4n) is 1.78. The molecule has 7 heteroatoms. The van der Waals surface area contributed by atoms with Gasteiger partial charge >= 0.3 is 0 Å². The van der Waals surface area contributed by atoms with Crippen molar-refractivity contribution in [1.82, 2.24) is 0 Å². The van der Waals surface area contributed by atoms with Gasteiger partial charge in [0.25, 0.3) is 0 Å². The number of anilines is 2. The minimum atomic E-state index is -3.51. The molecule has 0 spiro atoms. The Labute approximate surface area is 125 Å². The first-order valence-electron chi connectivity index (χ1n) is 6.71. The number of nitrogens with one attached hydrogen (secondary N) is 1. The van der Waals surface area contributed by atoms with E-state index in [0.29, 0.717) is 23.5 Å². The number of carbonyl (C=O) groups excluding carboxylic acids is 1. The summed E-state index contributed by atoms with van der Waals surface area (Å²) in [7, 11) is -2.07. The van der Waals surface area contributed by atoms with E-state index in [0.717, 1.165) is 0 Å². The van der Waals surface area contributed by atoms with Gasteiger partial charge in [-0.3, -0.25) is 4.79 Å². The van der Waals surface area contributed by atoms with Crippen LogP contribution >= 0.6 is 0 Å². The lowest BCUT2D eigenvalue weighted by Crippen LogP contribution is -2.37. The highest BCUT2D eigenvalue weighted by Crippen LogP contribution is 2.27. The van der Waals surface area contributed by atoms with Crippen molar-refractivity contribution in [2.24, 2.45) is 0 Å². The predicted octanol–water partition coefficient (Wildman–Crippen LogP) is 1.82. The molecule has 0 fully saturated rings. The Hall–Kier alpha value is -1.76. The molecule has 0 bridgehead atoms. The largest absolute Gasteiger partial charge is 0.494 e. The molecular formula is C14H22N2O4S. The van der Waals surface area contributed by atoms with E-state index in [9.17, 15) is 13.2 Å². The molecule has 0 saturated heterocycles. The van der Waals surface area contributed by atoms with Crippen LogP contribution in [-0.2, 0) is 14.6 Å². The summed E-state index contributed by atoms with van der Waals surface area (Å²) in [6.45, 7) is 4.76. The Kier molecular flexibility index (Phi) is 5.60. The highest BCUT2D eigenvalue weighted by Gasteiger charge is 2.32. The summed E-state index contributed by atoms with van der Waals surface area (Å²) in [6.07, 6.45) is 0.463. The molecule has 2 atom stereocenters. The number of amides is 1. The van der Waals surface area contributed by atoms with E-state index < -0.39 is 26.2 Å². The molecule has 6 nitrogen and oxygen atoms in total. The summed E-state index contributed by atoms with van der Waals surface area (Å²) in [5, 5.41) is 0.882. The van der Waals surface area contributed by atoms with Crippen LogP contribution in [-0.4, -0.2) is 31.9 Å². The fraction of sp³-hybridized carbons (Fsp3) is 0.500. The molecule has 0 aliphatic rings. The summed E-state index contributed by atoms with van der Waals surface area (Å²) >= 11 is 0. The molecule has 0 saturated carbocycles. The van der Waals surface area contributed by atoms with E-state index in [1.807, 2.05) is 0 Å². The zero-order chi connectivity index (χ0) is 16.2. The quantitative estimate of drug-likeness (QED) is 0.780. The summed E-state index contributed by atoms with van der Waals surface area (Å²) in [5.41, 5.74) is 6.51. The van der Waals surface area contributed by atoms with Crippen LogP contribution in [0.1, 0.15) is 27.2 Å². The summed E-state index contributed by atoms with van der Waals surface area (Å²) < 4.78 is 29.5. The zero-order valence-electron chi connectivity index (χ0n) is 12.7. The predicted molar refractivity (Wildman–Crippen MR) is 84.2 cm³/mol. The van der Waals surface area contributed by atoms with Crippen LogP contribution in [0.2, 0.25) is 0 Å². The average Bonchev–Trinajstić information content (AvgIpc) is 2.46. The van der Waals surface area contributed by atoms with Gasteiger partial charge in [-0.05, 0) is 32.4 Å². The molecule has 1 aromatic carbocycles. The van der Waals surface area contributed by atoms with Crippen molar-refractivity contribution in [3.8, 4) is 5.75 Å². The van der Waals surface area contributed by atoms with Crippen molar-refractivity contribution < 1.29 is 17.9 Å². The second kappa shape index (κ2) is 6.80. The van der Waals surface area contributed by atoms with Gasteiger partial charge in [0.2, 0.25) is 5.91 Å². The van der Waals surface area contributed by atoms with Gasteiger partial charge in [0.15, 0.2) is 9.84 Å². The van der Waals surface area contributed by atoms with E-state index in [4.69, 9.17) is 10.5 Å². The van der Waals surface area contributed by atoms with Crippen molar-refractivity contribution >= 4 is 27.1 Å². The highest BCUT2D eigenvalue weighted by atomic mass is 32.2. The van der Waals surface area contributed by atoms with Crippen LogP contribution in [0, 0.1) is 0 Å². The van der Waals surface area contributed by atoms with Crippen molar-refractivity contribution in [1.29, 1.82) is 0 Å². The molecule has 1 rings (SSSR count). The molecule has 0 heterocycles. The third-order valence-electron chi connectivity index (χ3n) is 3.48. The summed E-state index contributed by atoms with van der Waals surface area (Å²) in [4.78, 5) is 12.2. The molecule has 0 aliphatic carbocycles. The Bertz CT molecular complexity index is 613. The first kappa shape index (κ1) is 17.3. The first-order valence-corrected chi connectivity index (χ1v) is 8.32. The minimum absolute atomic E-state index is 0.386. The van der Waals surface area contributed by atoms with Gasteiger partial charge in [-0.1, -0.05) is 6.92 Å². The van der Waals surface area contributed by atoms with Crippen molar-refractivity contribution in [3.63, 3.8) is 0 Å². The number of benzene rings is 1. The van der Waals surface area contributed by atoms with Crippen molar-refractivity contribution in [2.45, 2.75) is 37.7 Å². The number of sulfone groups is 1. The van der Waals surface area contributed by atoms with Crippen LogP contribution in [0.3, 0.4) is 0 Å². The van der Waals surface area contributed by atoms with E-state index in [1.54, 1.807) is 32.0 Å². The number of nitrogen functional groups attached to an aromatic ring is 1. The maximum absolute atomic E-state index is 12.2. The number of methoxy groups -OCH3 is 1. The Morgan fingerprint density at radius 3 is 2.52 bits per heavy atom. The number of hydrogen-bond donors (Lipinski definition) is 2. The molecule has 3 N–H and O–H groups in total. The highest BCUT2D eigenvalue weighted by molar-refractivity contribution is 7.93. The number of rotatable bonds is 6. The number of hydrogen-bond acceptors (Lipinski definition) is 5. The number of ether oxygens (including phenoxy) is 1. The summed E-state index contributed by atoms with van der Waals surface area (Å²) in [6, 6.07) is 4.74. The normalized spacial score (nSPS) is 14.3. The lowest BCUT2D eigenvalue weighted by Gasteiger charge is -2.18. The minimum Gasteiger partial charge on any atom is -0.494 e. The molecule has 2 unspecified atom stereocenters. The fourth-order valence-corrected chi connectivity index (χ4v) is 3.29. The lowest BCUT2D eigenvalue weighted by atomic mass is 10.2. The van der Waals surface area contributed by atoms with Crippen molar-refractivity contribution in [2.75, 3.05) is 18.2 Å². The third-order valence-corrected chi connectivity index (χ3v) is 6.14.